The molecule has 2 aromatic rings. The van der Waals surface area contributed by atoms with E-state index < -0.39 is 5.97 Å². The molecule has 1 atom stereocenters. The number of methoxy groups -OCH3 is 1. The third-order valence-electron chi connectivity index (χ3n) is 4.57. The van der Waals surface area contributed by atoms with Crippen LogP contribution in [0.3, 0.4) is 0 Å². The zero-order valence-electron chi connectivity index (χ0n) is 14.6. The third-order valence-corrected chi connectivity index (χ3v) is 4.57. The third kappa shape index (κ3) is 3.90. The maximum atomic E-state index is 11.3. The summed E-state index contributed by atoms with van der Waals surface area (Å²) in [5, 5.41) is 9.31. The summed E-state index contributed by atoms with van der Waals surface area (Å²) in [6.45, 7) is 3.38. The molecule has 1 unspecified atom stereocenters. The molecule has 2 heterocycles. The van der Waals surface area contributed by atoms with Gasteiger partial charge in [-0.15, -0.1) is 0 Å². The molecule has 0 amide bonds. The number of benzene rings is 1. The van der Waals surface area contributed by atoms with Gasteiger partial charge in [0.25, 0.3) is 0 Å². The van der Waals surface area contributed by atoms with Gasteiger partial charge in [-0.3, -0.25) is 4.79 Å². The predicted octanol–water partition coefficient (Wildman–Crippen LogP) is 3.02. The minimum atomic E-state index is -0.732. The van der Waals surface area contributed by atoms with Crippen LogP contribution in [0.5, 0.6) is 5.75 Å². The normalized spacial score (nSPS) is 17.4. The second kappa shape index (κ2) is 7.51. The summed E-state index contributed by atoms with van der Waals surface area (Å²) >= 11 is 0. The first-order chi connectivity index (χ1) is 12.1. The van der Waals surface area contributed by atoms with Crippen LogP contribution >= 0.6 is 0 Å². The summed E-state index contributed by atoms with van der Waals surface area (Å²) in [6.07, 6.45) is 2.39. The van der Waals surface area contributed by atoms with Crippen molar-refractivity contribution in [1.82, 2.24) is 9.97 Å². The fourth-order valence-corrected chi connectivity index (χ4v) is 3.08. The number of aryl methyl sites for hydroxylation is 1. The Morgan fingerprint density at radius 3 is 2.72 bits per heavy atom. The minimum absolute atomic E-state index is 0.335. The standard InChI is InChI=1S/C19H23N3O3/c1-3-15-11-17(22-10-4-5-14(12-22)19(23)24)21-18(20-15)13-6-8-16(25-2)9-7-13/h6-9,11,14H,3-5,10,12H2,1-2H3,(H,23,24). The number of rotatable bonds is 5. The van der Waals surface area contributed by atoms with E-state index in [1.807, 2.05) is 30.3 Å². The highest BCUT2D eigenvalue weighted by Crippen LogP contribution is 2.26. The summed E-state index contributed by atoms with van der Waals surface area (Å²) in [6, 6.07) is 9.62. The number of anilines is 1. The van der Waals surface area contributed by atoms with Crippen molar-refractivity contribution in [2.75, 3.05) is 25.1 Å². The highest BCUT2D eigenvalue weighted by atomic mass is 16.5. The van der Waals surface area contributed by atoms with E-state index in [0.29, 0.717) is 12.4 Å². The molecule has 1 aromatic heterocycles. The van der Waals surface area contributed by atoms with Gasteiger partial charge in [-0.1, -0.05) is 6.92 Å². The van der Waals surface area contributed by atoms with Gasteiger partial charge in [-0.05, 0) is 43.5 Å². The number of carbonyl (C=O) groups is 1. The molecule has 132 valence electrons. The number of piperidine rings is 1. The SMILES string of the molecule is CCc1cc(N2CCCC(C(=O)O)C2)nc(-c2ccc(OC)cc2)n1. The lowest BCUT2D eigenvalue weighted by Crippen LogP contribution is -2.39. The van der Waals surface area contributed by atoms with Gasteiger partial charge in [0.1, 0.15) is 11.6 Å². The molecule has 1 fully saturated rings. The zero-order valence-corrected chi connectivity index (χ0v) is 14.6. The average molecular weight is 341 g/mol. The van der Waals surface area contributed by atoms with E-state index in [-0.39, 0.29) is 5.92 Å². The molecule has 0 saturated carbocycles. The first-order valence-electron chi connectivity index (χ1n) is 8.61. The summed E-state index contributed by atoms with van der Waals surface area (Å²) in [7, 11) is 1.64. The van der Waals surface area contributed by atoms with Crippen molar-refractivity contribution in [2.45, 2.75) is 26.2 Å². The molecule has 0 bridgehead atoms. The van der Waals surface area contributed by atoms with E-state index in [0.717, 1.165) is 48.6 Å². The summed E-state index contributed by atoms with van der Waals surface area (Å²) < 4.78 is 5.20. The quantitative estimate of drug-likeness (QED) is 0.901. The molecule has 1 aromatic carbocycles. The largest absolute Gasteiger partial charge is 0.497 e. The fourth-order valence-electron chi connectivity index (χ4n) is 3.08. The molecule has 0 spiro atoms. The molecule has 1 saturated heterocycles. The van der Waals surface area contributed by atoms with Crippen LogP contribution in [0.1, 0.15) is 25.5 Å². The molecule has 3 rings (SSSR count). The van der Waals surface area contributed by atoms with Crippen molar-refractivity contribution in [3.8, 4) is 17.1 Å². The van der Waals surface area contributed by atoms with Gasteiger partial charge in [0.05, 0.1) is 13.0 Å². The number of hydrogen-bond donors (Lipinski definition) is 1. The van der Waals surface area contributed by atoms with Crippen LogP contribution in [0.2, 0.25) is 0 Å². The number of carboxylic acids is 1. The Kier molecular flexibility index (Phi) is 5.16. The second-order valence-electron chi connectivity index (χ2n) is 6.25. The Morgan fingerprint density at radius 2 is 2.08 bits per heavy atom. The Hall–Kier alpha value is -2.63. The van der Waals surface area contributed by atoms with E-state index in [1.54, 1.807) is 7.11 Å². The Balaban J connectivity index is 1.93. The molecule has 1 N–H and O–H groups in total. The molecule has 0 radical (unpaired) electrons. The molecule has 25 heavy (non-hydrogen) atoms. The Labute approximate surface area is 147 Å². The molecule has 0 aliphatic carbocycles. The van der Waals surface area contributed by atoms with Crippen molar-refractivity contribution in [3.05, 3.63) is 36.0 Å². The number of nitrogens with zero attached hydrogens (tertiary/aromatic N) is 3. The highest BCUT2D eigenvalue weighted by molar-refractivity contribution is 5.71. The van der Waals surface area contributed by atoms with Crippen LogP contribution in [0.25, 0.3) is 11.4 Å². The van der Waals surface area contributed by atoms with Crippen LogP contribution in [-0.4, -0.2) is 41.2 Å². The number of hydrogen-bond acceptors (Lipinski definition) is 5. The average Bonchev–Trinajstić information content (AvgIpc) is 2.67. The smallest absolute Gasteiger partial charge is 0.308 e. The predicted molar refractivity (Wildman–Crippen MR) is 96.0 cm³/mol. The van der Waals surface area contributed by atoms with E-state index in [4.69, 9.17) is 9.72 Å². The lowest BCUT2D eigenvalue weighted by Gasteiger charge is -2.32. The van der Waals surface area contributed by atoms with E-state index in [2.05, 4.69) is 16.8 Å². The van der Waals surface area contributed by atoms with Gasteiger partial charge in [0.15, 0.2) is 5.82 Å². The number of aliphatic carboxylic acids is 1. The first kappa shape index (κ1) is 17.2. The van der Waals surface area contributed by atoms with Crippen molar-refractivity contribution >= 4 is 11.8 Å². The lowest BCUT2D eigenvalue weighted by molar-refractivity contribution is -0.141. The van der Waals surface area contributed by atoms with E-state index in [9.17, 15) is 9.90 Å². The van der Waals surface area contributed by atoms with Crippen LogP contribution in [0, 0.1) is 5.92 Å². The van der Waals surface area contributed by atoms with Gasteiger partial charge >= 0.3 is 5.97 Å². The summed E-state index contributed by atoms with van der Waals surface area (Å²) in [4.78, 5) is 22.7. The summed E-state index contributed by atoms with van der Waals surface area (Å²) in [5.74, 6) is 1.19. The fraction of sp³-hybridized carbons (Fsp3) is 0.421. The van der Waals surface area contributed by atoms with Crippen LogP contribution in [-0.2, 0) is 11.2 Å². The molecular formula is C19H23N3O3. The molecule has 1 aliphatic heterocycles. The molecular weight excluding hydrogens is 318 g/mol. The van der Waals surface area contributed by atoms with Gasteiger partial charge < -0.3 is 14.7 Å². The monoisotopic (exact) mass is 341 g/mol. The molecule has 6 nitrogen and oxygen atoms in total. The van der Waals surface area contributed by atoms with E-state index >= 15 is 0 Å². The van der Waals surface area contributed by atoms with Gasteiger partial charge in [-0.25, -0.2) is 9.97 Å². The lowest BCUT2D eigenvalue weighted by atomic mass is 9.98. The van der Waals surface area contributed by atoms with Gasteiger partial charge in [0, 0.05) is 30.4 Å². The zero-order chi connectivity index (χ0) is 17.8. The van der Waals surface area contributed by atoms with Crippen molar-refractivity contribution in [2.24, 2.45) is 5.92 Å². The number of carboxylic acid groups (broad SMARTS) is 1. The highest BCUT2D eigenvalue weighted by Gasteiger charge is 2.26. The van der Waals surface area contributed by atoms with E-state index in [1.165, 1.54) is 0 Å². The Bertz CT molecular complexity index is 746. The first-order valence-corrected chi connectivity index (χ1v) is 8.61. The van der Waals surface area contributed by atoms with Crippen molar-refractivity contribution < 1.29 is 14.6 Å². The molecule has 6 heteroatoms. The number of ether oxygens (including phenoxy) is 1. The van der Waals surface area contributed by atoms with Crippen molar-refractivity contribution in [3.63, 3.8) is 0 Å². The van der Waals surface area contributed by atoms with Crippen LogP contribution in [0.4, 0.5) is 5.82 Å². The number of aromatic nitrogens is 2. The second-order valence-corrected chi connectivity index (χ2v) is 6.25. The molecule has 1 aliphatic rings. The van der Waals surface area contributed by atoms with Gasteiger partial charge in [0.2, 0.25) is 0 Å². The van der Waals surface area contributed by atoms with Gasteiger partial charge in [-0.2, -0.15) is 0 Å². The topological polar surface area (TPSA) is 75.6 Å². The minimum Gasteiger partial charge on any atom is -0.497 e. The summed E-state index contributed by atoms with van der Waals surface area (Å²) in [5.41, 5.74) is 1.87. The van der Waals surface area contributed by atoms with Crippen molar-refractivity contribution in [1.29, 1.82) is 0 Å². The van der Waals surface area contributed by atoms with Crippen LogP contribution in [0.15, 0.2) is 30.3 Å². The maximum absolute atomic E-state index is 11.3. The van der Waals surface area contributed by atoms with Crippen LogP contribution < -0.4 is 9.64 Å². The Morgan fingerprint density at radius 1 is 1.32 bits per heavy atom. The maximum Gasteiger partial charge on any atom is 0.308 e.